The molecule has 0 saturated carbocycles. The zero-order valence-electron chi connectivity index (χ0n) is 10.2. The van der Waals surface area contributed by atoms with Crippen molar-refractivity contribution in [2.75, 3.05) is 0 Å². The third kappa shape index (κ3) is 3.34. The van der Waals surface area contributed by atoms with Gasteiger partial charge in [0.05, 0.1) is 6.54 Å². The lowest BCUT2D eigenvalue weighted by Gasteiger charge is -2.24. The number of amides is 1. The number of carbonyl (C=O) groups is 1. The number of hydrogen-bond acceptors (Lipinski definition) is 3. The Labute approximate surface area is 96.0 Å². The van der Waals surface area contributed by atoms with Crippen molar-refractivity contribution in [1.82, 2.24) is 14.9 Å². The Kier molecular flexibility index (Phi) is 4.06. The maximum atomic E-state index is 11.8. The van der Waals surface area contributed by atoms with E-state index in [9.17, 15) is 4.79 Å². The second-order valence-corrected chi connectivity index (χ2v) is 4.46. The first-order valence-electron chi connectivity index (χ1n) is 5.49. The minimum Gasteiger partial charge on any atom is -0.350 e. The van der Waals surface area contributed by atoms with Crippen LogP contribution in [0.1, 0.15) is 33.0 Å². The first-order valence-corrected chi connectivity index (χ1v) is 5.49. The van der Waals surface area contributed by atoms with E-state index in [1.165, 1.54) is 0 Å². The molecular formula is C11H20N4O. The predicted molar refractivity (Wildman–Crippen MR) is 62.6 cm³/mol. The van der Waals surface area contributed by atoms with Gasteiger partial charge in [0.25, 0.3) is 0 Å². The normalized spacial score (nSPS) is 11.5. The van der Waals surface area contributed by atoms with Gasteiger partial charge in [-0.2, -0.15) is 0 Å². The number of nitrogens with zero attached hydrogens (tertiary/aromatic N) is 2. The largest absolute Gasteiger partial charge is 0.350 e. The molecule has 0 aliphatic carbocycles. The third-order valence-corrected chi connectivity index (χ3v) is 2.66. The van der Waals surface area contributed by atoms with Crippen LogP contribution in [0.15, 0.2) is 12.4 Å². The highest BCUT2D eigenvalue weighted by atomic mass is 16.2. The summed E-state index contributed by atoms with van der Waals surface area (Å²) in [7, 11) is 0. The maximum Gasteiger partial charge on any atom is 0.240 e. The second-order valence-electron chi connectivity index (χ2n) is 4.46. The van der Waals surface area contributed by atoms with Crippen LogP contribution in [0.4, 0.5) is 0 Å². The Hall–Kier alpha value is -1.36. The molecular weight excluding hydrogens is 204 g/mol. The molecule has 0 radical (unpaired) electrons. The number of aromatic nitrogens is 2. The molecule has 1 amide bonds. The number of nitrogens with one attached hydrogen (secondary N) is 1. The SMILES string of the molecule is CCC(C)(C)NC(=O)Cn1ccnc1CN. The zero-order valence-corrected chi connectivity index (χ0v) is 10.2. The summed E-state index contributed by atoms with van der Waals surface area (Å²) in [5, 5.41) is 2.97. The van der Waals surface area contributed by atoms with Crippen molar-refractivity contribution in [3.63, 3.8) is 0 Å². The summed E-state index contributed by atoms with van der Waals surface area (Å²) in [5.74, 6) is 0.712. The molecule has 1 rings (SSSR count). The predicted octanol–water partition coefficient (Wildman–Crippen LogP) is 0.647. The van der Waals surface area contributed by atoms with Crippen LogP contribution in [0, 0.1) is 0 Å². The standard InChI is InChI=1S/C11H20N4O/c1-4-11(2,3)14-10(16)8-15-6-5-13-9(15)7-12/h5-6H,4,7-8,12H2,1-3H3,(H,14,16). The molecule has 0 spiro atoms. The van der Waals surface area contributed by atoms with Crippen molar-refractivity contribution < 1.29 is 4.79 Å². The summed E-state index contributed by atoms with van der Waals surface area (Å²) in [4.78, 5) is 15.8. The van der Waals surface area contributed by atoms with E-state index < -0.39 is 0 Å². The van der Waals surface area contributed by atoms with Crippen molar-refractivity contribution in [3.05, 3.63) is 18.2 Å². The van der Waals surface area contributed by atoms with Gasteiger partial charge in [0.2, 0.25) is 5.91 Å². The van der Waals surface area contributed by atoms with Crippen LogP contribution in [0.2, 0.25) is 0 Å². The molecule has 5 nitrogen and oxygen atoms in total. The maximum absolute atomic E-state index is 11.8. The van der Waals surface area contributed by atoms with Crippen LogP contribution < -0.4 is 11.1 Å². The molecule has 16 heavy (non-hydrogen) atoms. The lowest BCUT2D eigenvalue weighted by atomic mass is 10.0. The van der Waals surface area contributed by atoms with Gasteiger partial charge in [0, 0.05) is 17.9 Å². The van der Waals surface area contributed by atoms with E-state index in [0.717, 1.165) is 12.2 Å². The second kappa shape index (κ2) is 5.12. The summed E-state index contributed by atoms with van der Waals surface area (Å²) in [6, 6.07) is 0. The van der Waals surface area contributed by atoms with E-state index in [1.807, 2.05) is 20.8 Å². The molecule has 1 aromatic heterocycles. The number of carbonyl (C=O) groups excluding carboxylic acids is 1. The summed E-state index contributed by atoms with van der Waals surface area (Å²) in [5.41, 5.74) is 5.34. The molecule has 1 aromatic rings. The molecule has 1 heterocycles. The van der Waals surface area contributed by atoms with Crippen molar-refractivity contribution >= 4 is 5.91 Å². The van der Waals surface area contributed by atoms with Crippen molar-refractivity contribution in [1.29, 1.82) is 0 Å². The van der Waals surface area contributed by atoms with Gasteiger partial charge in [-0.3, -0.25) is 4.79 Å². The Bertz CT molecular complexity index is 357. The lowest BCUT2D eigenvalue weighted by molar-refractivity contribution is -0.123. The van der Waals surface area contributed by atoms with Gasteiger partial charge < -0.3 is 15.6 Å². The number of imidazole rings is 1. The molecule has 5 heteroatoms. The van der Waals surface area contributed by atoms with Crippen LogP contribution in [-0.2, 0) is 17.9 Å². The van der Waals surface area contributed by atoms with Crippen LogP contribution in [0.25, 0.3) is 0 Å². The van der Waals surface area contributed by atoms with E-state index in [1.54, 1.807) is 17.0 Å². The molecule has 3 N–H and O–H groups in total. The third-order valence-electron chi connectivity index (χ3n) is 2.66. The first-order chi connectivity index (χ1) is 7.48. The summed E-state index contributed by atoms with van der Waals surface area (Å²) in [6.45, 7) is 6.67. The molecule has 0 aliphatic rings. The number of nitrogens with two attached hydrogens (primary N) is 1. The number of hydrogen-bond donors (Lipinski definition) is 2. The highest BCUT2D eigenvalue weighted by molar-refractivity contribution is 5.76. The fourth-order valence-corrected chi connectivity index (χ4v) is 1.33. The Morgan fingerprint density at radius 3 is 2.88 bits per heavy atom. The summed E-state index contributed by atoms with van der Waals surface area (Å²) in [6.07, 6.45) is 4.31. The average Bonchev–Trinajstić information content (AvgIpc) is 2.64. The van der Waals surface area contributed by atoms with E-state index in [-0.39, 0.29) is 18.0 Å². The number of rotatable bonds is 5. The Balaban J connectivity index is 2.58. The van der Waals surface area contributed by atoms with E-state index in [2.05, 4.69) is 10.3 Å². The fraction of sp³-hybridized carbons (Fsp3) is 0.636. The lowest BCUT2D eigenvalue weighted by Crippen LogP contribution is -2.44. The molecule has 90 valence electrons. The van der Waals surface area contributed by atoms with Crippen molar-refractivity contribution in [2.24, 2.45) is 5.73 Å². The Morgan fingerprint density at radius 2 is 2.31 bits per heavy atom. The van der Waals surface area contributed by atoms with Crippen LogP contribution >= 0.6 is 0 Å². The van der Waals surface area contributed by atoms with E-state index in [0.29, 0.717) is 6.54 Å². The van der Waals surface area contributed by atoms with Gasteiger partial charge in [-0.05, 0) is 20.3 Å². The van der Waals surface area contributed by atoms with Gasteiger partial charge in [0.15, 0.2) is 0 Å². The van der Waals surface area contributed by atoms with Crippen molar-refractivity contribution in [3.8, 4) is 0 Å². The molecule has 0 saturated heterocycles. The smallest absolute Gasteiger partial charge is 0.240 e. The molecule has 0 fully saturated rings. The summed E-state index contributed by atoms with van der Waals surface area (Å²) < 4.78 is 1.76. The average molecular weight is 224 g/mol. The minimum atomic E-state index is -0.166. The molecule has 0 unspecified atom stereocenters. The van der Waals surface area contributed by atoms with Gasteiger partial charge in [-0.15, -0.1) is 0 Å². The quantitative estimate of drug-likeness (QED) is 0.771. The highest BCUT2D eigenvalue weighted by Crippen LogP contribution is 2.07. The van der Waals surface area contributed by atoms with Gasteiger partial charge in [0.1, 0.15) is 12.4 Å². The molecule has 0 bridgehead atoms. The highest BCUT2D eigenvalue weighted by Gasteiger charge is 2.18. The topological polar surface area (TPSA) is 72.9 Å². The molecule has 0 aromatic carbocycles. The zero-order chi connectivity index (χ0) is 12.2. The van der Waals surface area contributed by atoms with Crippen LogP contribution in [0.5, 0.6) is 0 Å². The van der Waals surface area contributed by atoms with Crippen LogP contribution in [0.3, 0.4) is 0 Å². The minimum absolute atomic E-state index is 0.0143. The Morgan fingerprint density at radius 1 is 1.62 bits per heavy atom. The van der Waals surface area contributed by atoms with Crippen molar-refractivity contribution in [2.45, 2.75) is 45.8 Å². The monoisotopic (exact) mass is 224 g/mol. The fourth-order valence-electron chi connectivity index (χ4n) is 1.33. The molecule has 0 aliphatic heterocycles. The van der Waals surface area contributed by atoms with Gasteiger partial charge in [-0.25, -0.2) is 4.98 Å². The molecule has 0 atom stereocenters. The van der Waals surface area contributed by atoms with Crippen LogP contribution in [-0.4, -0.2) is 21.0 Å². The van der Waals surface area contributed by atoms with Gasteiger partial charge in [-0.1, -0.05) is 6.92 Å². The van der Waals surface area contributed by atoms with E-state index in [4.69, 9.17) is 5.73 Å². The first kappa shape index (κ1) is 12.7. The van der Waals surface area contributed by atoms with E-state index >= 15 is 0 Å². The summed E-state index contributed by atoms with van der Waals surface area (Å²) >= 11 is 0. The van der Waals surface area contributed by atoms with Gasteiger partial charge >= 0.3 is 0 Å².